The van der Waals surface area contributed by atoms with Crippen molar-refractivity contribution < 1.29 is 4.42 Å². The minimum atomic E-state index is -0.162. The number of aryl methyl sites for hydroxylation is 2. The summed E-state index contributed by atoms with van der Waals surface area (Å²) >= 11 is 1.65. The smallest absolute Gasteiger partial charge is 0.208 e. The maximum atomic E-state index is 5.54. The van der Waals surface area contributed by atoms with Crippen LogP contribution >= 0.6 is 11.3 Å². The van der Waals surface area contributed by atoms with Crippen LogP contribution in [-0.4, -0.2) is 9.97 Å². The number of nitrogens with zero attached hydrogens (tertiary/aromatic N) is 2. The van der Waals surface area contributed by atoms with E-state index >= 15 is 0 Å². The standard InChI is InChI=1S/C12H17N3OS/c1-8-9(2)16-10(15-8)7-14-12(3,4)11-13-5-6-17-11/h5-6,14H,7H2,1-4H3. The Morgan fingerprint density at radius 1 is 1.41 bits per heavy atom. The van der Waals surface area contributed by atoms with Crippen molar-refractivity contribution in [3.8, 4) is 0 Å². The molecule has 0 aliphatic heterocycles. The molecule has 1 N–H and O–H groups in total. The Balaban J connectivity index is 2.02. The van der Waals surface area contributed by atoms with Gasteiger partial charge in [-0.15, -0.1) is 11.3 Å². The highest BCUT2D eigenvalue weighted by molar-refractivity contribution is 7.09. The van der Waals surface area contributed by atoms with Crippen molar-refractivity contribution in [2.75, 3.05) is 0 Å². The Morgan fingerprint density at radius 2 is 2.18 bits per heavy atom. The molecule has 0 amide bonds. The molecule has 0 spiro atoms. The van der Waals surface area contributed by atoms with Crippen molar-refractivity contribution in [2.45, 2.75) is 39.8 Å². The molecule has 2 aromatic heterocycles. The van der Waals surface area contributed by atoms with Crippen LogP contribution in [0.15, 0.2) is 16.0 Å². The molecule has 17 heavy (non-hydrogen) atoms. The first-order valence-corrected chi connectivity index (χ1v) is 6.45. The second kappa shape index (κ2) is 4.58. The summed E-state index contributed by atoms with van der Waals surface area (Å²) in [5, 5.41) is 6.46. The largest absolute Gasteiger partial charge is 0.444 e. The van der Waals surface area contributed by atoms with Gasteiger partial charge in [0.05, 0.1) is 17.8 Å². The molecule has 0 aromatic carbocycles. The van der Waals surface area contributed by atoms with Crippen LogP contribution in [0.25, 0.3) is 0 Å². The maximum Gasteiger partial charge on any atom is 0.208 e. The lowest BCUT2D eigenvalue weighted by molar-refractivity contribution is 0.359. The lowest BCUT2D eigenvalue weighted by Gasteiger charge is -2.22. The molecule has 5 heteroatoms. The van der Waals surface area contributed by atoms with Gasteiger partial charge in [0, 0.05) is 11.6 Å². The lowest BCUT2D eigenvalue weighted by atomic mass is 10.1. The first kappa shape index (κ1) is 12.3. The Hall–Kier alpha value is -1.20. The highest BCUT2D eigenvalue weighted by Gasteiger charge is 2.23. The fraction of sp³-hybridized carbons (Fsp3) is 0.500. The Labute approximate surface area is 105 Å². The summed E-state index contributed by atoms with van der Waals surface area (Å²) in [6, 6.07) is 0. The average Bonchev–Trinajstić information content (AvgIpc) is 2.87. The normalized spacial score (nSPS) is 12.0. The zero-order chi connectivity index (χ0) is 12.5. The third-order valence-corrected chi connectivity index (χ3v) is 3.82. The molecule has 2 rings (SSSR count). The summed E-state index contributed by atoms with van der Waals surface area (Å²) in [5.74, 6) is 1.61. The summed E-state index contributed by atoms with van der Waals surface area (Å²) in [7, 11) is 0. The van der Waals surface area contributed by atoms with E-state index in [0.29, 0.717) is 6.54 Å². The van der Waals surface area contributed by atoms with Gasteiger partial charge in [-0.25, -0.2) is 9.97 Å². The van der Waals surface area contributed by atoms with Gasteiger partial charge in [0.1, 0.15) is 10.8 Å². The maximum absolute atomic E-state index is 5.54. The third kappa shape index (κ3) is 2.73. The van der Waals surface area contributed by atoms with E-state index in [-0.39, 0.29) is 5.54 Å². The van der Waals surface area contributed by atoms with E-state index in [1.54, 1.807) is 11.3 Å². The summed E-state index contributed by atoms with van der Waals surface area (Å²) in [6.45, 7) is 8.70. The number of aromatic nitrogens is 2. The SMILES string of the molecule is Cc1nc(CNC(C)(C)c2nccs2)oc1C. The summed E-state index contributed by atoms with van der Waals surface area (Å²) < 4.78 is 5.54. The van der Waals surface area contributed by atoms with Gasteiger partial charge in [0.2, 0.25) is 5.89 Å². The van der Waals surface area contributed by atoms with Gasteiger partial charge in [0.15, 0.2) is 0 Å². The van der Waals surface area contributed by atoms with Crippen LogP contribution in [0.4, 0.5) is 0 Å². The molecule has 4 nitrogen and oxygen atoms in total. The van der Waals surface area contributed by atoms with Crippen molar-refractivity contribution in [3.63, 3.8) is 0 Å². The highest BCUT2D eigenvalue weighted by Crippen LogP contribution is 2.22. The van der Waals surface area contributed by atoms with E-state index < -0.39 is 0 Å². The van der Waals surface area contributed by atoms with Crippen molar-refractivity contribution in [1.82, 2.24) is 15.3 Å². The van der Waals surface area contributed by atoms with Crippen LogP contribution in [0.2, 0.25) is 0 Å². The van der Waals surface area contributed by atoms with Gasteiger partial charge in [0.25, 0.3) is 0 Å². The van der Waals surface area contributed by atoms with Crippen LogP contribution in [0, 0.1) is 13.8 Å². The molecule has 0 aliphatic carbocycles. The quantitative estimate of drug-likeness (QED) is 0.907. The van der Waals surface area contributed by atoms with E-state index in [2.05, 4.69) is 29.1 Å². The molecule has 0 saturated heterocycles. The van der Waals surface area contributed by atoms with Crippen molar-refractivity contribution >= 4 is 11.3 Å². The van der Waals surface area contributed by atoms with Crippen molar-refractivity contribution in [3.05, 3.63) is 33.9 Å². The van der Waals surface area contributed by atoms with Gasteiger partial charge < -0.3 is 4.42 Å². The molecule has 0 unspecified atom stereocenters. The summed E-state index contributed by atoms with van der Waals surface area (Å²) in [6.07, 6.45) is 1.82. The average molecular weight is 251 g/mol. The minimum Gasteiger partial charge on any atom is -0.444 e. The van der Waals surface area contributed by atoms with E-state index in [1.165, 1.54) is 0 Å². The fourth-order valence-electron chi connectivity index (χ4n) is 1.52. The number of hydrogen-bond donors (Lipinski definition) is 1. The molecular weight excluding hydrogens is 234 g/mol. The van der Waals surface area contributed by atoms with Crippen LogP contribution < -0.4 is 5.32 Å². The van der Waals surface area contributed by atoms with Crippen LogP contribution in [0.1, 0.15) is 36.2 Å². The third-order valence-electron chi connectivity index (χ3n) is 2.72. The number of oxazole rings is 1. The predicted octanol–water partition coefficient (Wildman–Crippen LogP) is 2.77. The van der Waals surface area contributed by atoms with E-state index in [1.807, 2.05) is 25.4 Å². The molecule has 0 fully saturated rings. The molecule has 0 radical (unpaired) electrons. The number of hydrogen-bond acceptors (Lipinski definition) is 5. The van der Waals surface area contributed by atoms with Gasteiger partial charge in [-0.2, -0.15) is 0 Å². The molecule has 92 valence electrons. The molecule has 2 heterocycles. The fourth-order valence-corrected chi connectivity index (χ4v) is 2.26. The summed E-state index contributed by atoms with van der Waals surface area (Å²) in [5.41, 5.74) is 0.790. The van der Waals surface area contributed by atoms with E-state index in [0.717, 1.165) is 22.4 Å². The zero-order valence-electron chi connectivity index (χ0n) is 10.6. The Morgan fingerprint density at radius 3 is 2.71 bits per heavy atom. The monoisotopic (exact) mass is 251 g/mol. The van der Waals surface area contributed by atoms with Gasteiger partial charge in [-0.05, 0) is 27.7 Å². The zero-order valence-corrected chi connectivity index (χ0v) is 11.4. The molecule has 0 atom stereocenters. The molecular formula is C12H17N3OS. The van der Waals surface area contributed by atoms with Crippen molar-refractivity contribution in [1.29, 1.82) is 0 Å². The second-order valence-corrected chi connectivity index (χ2v) is 5.46. The first-order valence-electron chi connectivity index (χ1n) is 5.57. The molecule has 0 aliphatic rings. The Kier molecular flexibility index (Phi) is 3.31. The molecule has 0 saturated carbocycles. The van der Waals surface area contributed by atoms with Crippen LogP contribution in [-0.2, 0) is 12.1 Å². The van der Waals surface area contributed by atoms with E-state index in [4.69, 9.17) is 4.42 Å². The van der Waals surface area contributed by atoms with Gasteiger partial charge >= 0.3 is 0 Å². The van der Waals surface area contributed by atoms with E-state index in [9.17, 15) is 0 Å². The molecule has 2 aromatic rings. The highest BCUT2D eigenvalue weighted by atomic mass is 32.1. The topological polar surface area (TPSA) is 51.0 Å². The van der Waals surface area contributed by atoms with Crippen LogP contribution in [0.3, 0.4) is 0 Å². The van der Waals surface area contributed by atoms with Gasteiger partial charge in [-0.1, -0.05) is 0 Å². The van der Waals surface area contributed by atoms with Crippen molar-refractivity contribution in [2.24, 2.45) is 0 Å². The minimum absolute atomic E-state index is 0.162. The predicted molar refractivity (Wildman–Crippen MR) is 68.0 cm³/mol. The van der Waals surface area contributed by atoms with Gasteiger partial charge in [-0.3, -0.25) is 5.32 Å². The number of nitrogens with one attached hydrogen (secondary N) is 1. The van der Waals surface area contributed by atoms with Crippen LogP contribution in [0.5, 0.6) is 0 Å². The Bertz CT molecular complexity index is 468. The second-order valence-electron chi connectivity index (χ2n) is 4.57. The lowest BCUT2D eigenvalue weighted by Crippen LogP contribution is -2.35. The number of rotatable bonds is 4. The molecule has 0 bridgehead atoms. The summed E-state index contributed by atoms with van der Waals surface area (Å²) in [4.78, 5) is 8.68. The first-order chi connectivity index (χ1) is 7.99. The number of thiazole rings is 1.